The topological polar surface area (TPSA) is 122 Å². The predicted octanol–water partition coefficient (Wildman–Crippen LogP) is 2.15. The second kappa shape index (κ2) is 19.8. The highest BCUT2D eigenvalue weighted by molar-refractivity contribution is 5.67. The number of hydroxylamine groups is 4. The van der Waals surface area contributed by atoms with Gasteiger partial charge in [0, 0.05) is 39.0 Å². The molecular formula is C14H32N2O6. The number of carboxylic acids is 2. The van der Waals surface area contributed by atoms with E-state index in [-0.39, 0.29) is 12.8 Å². The molecule has 0 radical (unpaired) electrons. The highest BCUT2D eigenvalue weighted by Gasteiger charge is 1.99. The third-order valence-electron chi connectivity index (χ3n) is 2.49. The van der Waals surface area contributed by atoms with Crippen LogP contribution in [0.4, 0.5) is 0 Å². The third-order valence-corrected chi connectivity index (χ3v) is 2.49. The largest absolute Gasteiger partial charge is 0.481 e. The summed E-state index contributed by atoms with van der Waals surface area (Å²) in [6, 6.07) is 0. The molecule has 0 saturated heterocycles. The number of rotatable bonds is 9. The Labute approximate surface area is 132 Å². The lowest BCUT2D eigenvalue weighted by atomic mass is 10.2. The van der Waals surface area contributed by atoms with Gasteiger partial charge in [-0.3, -0.25) is 9.59 Å². The number of hydrogen-bond donors (Lipinski definition) is 4. The van der Waals surface area contributed by atoms with Gasteiger partial charge in [-0.2, -0.15) is 10.1 Å². The van der Waals surface area contributed by atoms with Crippen molar-refractivity contribution in [2.45, 2.75) is 53.4 Å². The lowest BCUT2D eigenvalue weighted by Crippen LogP contribution is -2.16. The van der Waals surface area contributed by atoms with Crippen LogP contribution in [0.1, 0.15) is 53.4 Å². The first kappa shape index (κ1) is 25.7. The van der Waals surface area contributed by atoms with E-state index in [1.807, 2.05) is 27.7 Å². The van der Waals surface area contributed by atoms with E-state index in [2.05, 4.69) is 0 Å². The molecule has 134 valence electrons. The summed E-state index contributed by atoms with van der Waals surface area (Å²) in [5.41, 5.74) is 0. The molecule has 0 spiro atoms. The molecule has 0 unspecified atom stereocenters. The highest BCUT2D eigenvalue weighted by atomic mass is 16.5. The average molecular weight is 324 g/mol. The van der Waals surface area contributed by atoms with Crippen molar-refractivity contribution in [1.29, 1.82) is 0 Å². The quantitative estimate of drug-likeness (QED) is 0.376. The Morgan fingerprint density at radius 3 is 1.00 bits per heavy atom. The lowest BCUT2D eigenvalue weighted by Gasteiger charge is -2.05. The van der Waals surface area contributed by atoms with Crippen molar-refractivity contribution in [1.82, 2.24) is 10.1 Å². The molecule has 0 rings (SSSR count). The van der Waals surface area contributed by atoms with Crippen molar-refractivity contribution < 1.29 is 30.2 Å². The van der Waals surface area contributed by atoms with E-state index in [0.717, 1.165) is 26.2 Å². The summed E-state index contributed by atoms with van der Waals surface area (Å²) >= 11 is 0. The maximum Gasteiger partial charge on any atom is 0.303 e. The van der Waals surface area contributed by atoms with Crippen LogP contribution >= 0.6 is 0 Å². The molecule has 8 nitrogen and oxygen atoms in total. The average Bonchev–Trinajstić information content (AvgIpc) is 2.50. The van der Waals surface area contributed by atoms with Gasteiger partial charge in [0.2, 0.25) is 0 Å². The molecule has 0 atom stereocenters. The van der Waals surface area contributed by atoms with Gasteiger partial charge in [-0.05, 0) is 12.8 Å². The first-order valence-corrected chi connectivity index (χ1v) is 7.56. The Kier molecular flexibility index (Phi) is 23.1. The van der Waals surface area contributed by atoms with Gasteiger partial charge < -0.3 is 20.6 Å². The summed E-state index contributed by atoms with van der Waals surface area (Å²) in [6.07, 6.45) is 1.02. The number of carboxylic acid groups (broad SMARTS) is 2. The second-order valence-electron chi connectivity index (χ2n) is 4.27. The molecule has 8 heteroatoms. The van der Waals surface area contributed by atoms with Crippen molar-refractivity contribution in [2.24, 2.45) is 0 Å². The lowest BCUT2D eigenvalue weighted by molar-refractivity contribution is -0.139. The van der Waals surface area contributed by atoms with E-state index in [1.54, 1.807) is 0 Å². The van der Waals surface area contributed by atoms with Crippen LogP contribution in [0.5, 0.6) is 0 Å². The molecule has 0 bridgehead atoms. The van der Waals surface area contributed by atoms with Crippen LogP contribution in [0, 0.1) is 0 Å². The van der Waals surface area contributed by atoms with E-state index in [1.165, 1.54) is 10.1 Å². The molecule has 0 aromatic heterocycles. The van der Waals surface area contributed by atoms with E-state index >= 15 is 0 Å². The van der Waals surface area contributed by atoms with E-state index in [4.69, 9.17) is 20.6 Å². The Bertz CT molecular complexity index is 230. The minimum absolute atomic E-state index is 0.0628. The molecule has 0 aromatic rings. The number of aliphatic carboxylic acids is 2. The SMILES string of the molecule is CCN(O)CC.CCN(O)CC.O=C(O)CCCCC(=O)O. The normalized spacial score (nSPS) is 9.64. The zero-order valence-electron chi connectivity index (χ0n) is 14.2. The van der Waals surface area contributed by atoms with Crippen LogP contribution in [0.15, 0.2) is 0 Å². The fraction of sp³-hybridized carbons (Fsp3) is 0.857. The molecule has 4 N–H and O–H groups in total. The van der Waals surface area contributed by atoms with Gasteiger partial charge in [-0.25, -0.2) is 0 Å². The first-order valence-electron chi connectivity index (χ1n) is 7.56. The van der Waals surface area contributed by atoms with Crippen molar-refractivity contribution in [3.63, 3.8) is 0 Å². The van der Waals surface area contributed by atoms with Gasteiger partial charge in [-0.1, -0.05) is 27.7 Å². The number of carbonyl (C=O) groups is 2. The molecule has 0 aliphatic rings. The number of nitrogens with zero attached hydrogens (tertiary/aromatic N) is 2. The van der Waals surface area contributed by atoms with Crippen LogP contribution in [0.25, 0.3) is 0 Å². The Morgan fingerprint density at radius 2 is 0.909 bits per heavy atom. The van der Waals surface area contributed by atoms with Crippen molar-refractivity contribution >= 4 is 11.9 Å². The Hall–Kier alpha value is -1.22. The smallest absolute Gasteiger partial charge is 0.303 e. The monoisotopic (exact) mass is 324 g/mol. The summed E-state index contributed by atoms with van der Waals surface area (Å²) in [5.74, 6) is -1.74. The molecule has 0 fully saturated rings. The Balaban J connectivity index is -0.000000261. The highest BCUT2D eigenvalue weighted by Crippen LogP contribution is 1.98. The van der Waals surface area contributed by atoms with Crippen molar-refractivity contribution in [3.05, 3.63) is 0 Å². The molecule has 0 saturated carbocycles. The first-order chi connectivity index (χ1) is 10.2. The maximum atomic E-state index is 9.90. The minimum atomic E-state index is -0.870. The van der Waals surface area contributed by atoms with Gasteiger partial charge in [0.25, 0.3) is 0 Å². The van der Waals surface area contributed by atoms with Gasteiger partial charge in [0.15, 0.2) is 0 Å². The van der Waals surface area contributed by atoms with E-state index < -0.39 is 11.9 Å². The van der Waals surface area contributed by atoms with Crippen LogP contribution < -0.4 is 0 Å². The third kappa shape index (κ3) is 31.3. The van der Waals surface area contributed by atoms with Gasteiger partial charge in [0.05, 0.1) is 0 Å². The van der Waals surface area contributed by atoms with Gasteiger partial charge in [-0.15, -0.1) is 0 Å². The van der Waals surface area contributed by atoms with Crippen LogP contribution in [0.2, 0.25) is 0 Å². The summed E-state index contributed by atoms with van der Waals surface area (Å²) in [6.45, 7) is 10.5. The molecule has 22 heavy (non-hydrogen) atoms. The zero-order valence-corrected chi connectivity index (χ0v) is 14.2. The molecule has 0 heterocycles. The summed E-state index contributed by atoms with van der Waals surface area (Å²) in [4.78, 5) is 19.8. The molecule has 0 aliphatic carbocycles. The number of unbranched alkanes of at least 4 members (excludes halogenated alkanes) is 1. The van der Waals surface area contributed by atoms with E-state index in [9.17, 15) is 9.59 Å². The van der Waals surface area contributed by atoms with Crippen molar-refractivity contribution in [3.8, 4) is 0 Å². The summed E-state index contributed by atoms with van der Waals surface area (Å²) in [5, 5.41) is 35.8. The zero-order chi connectivity index (χ0) is 18.0. The van der Waals surface area contributed by atoms with E-state index in [0.29, 0.717) is 12.8 Å². The summed E-state index contributed by atoms with van der Waals surface area (Å²) < 4.78 is 0. The predicted molar refractivity (Wildman–Crippen MR) is 83.2 cm³/mol. The van der Waals surface area contributed by atoms with Crippen LogP contribution in [0.3, 0.4) is 0 Å². The number of hydrogen-bond acceptors (Lipinski definition) is 6. The van der Waals surface area contributed by atoms with Crippen LogP contribution in [-0.4, -0.2) is 68.9 Å². The second-order valence-corrected chi connectivity index (χ2v) is 4.27. The molecule has 0 aliphatic heterocycles. The maximum absolute atomic E-state index is 9.90. The summed E-state index contributed by atoms with van der Waals surface area (Å²) in [7, 11) is 0. The fourth-order valence-corrected chi connectivity index (χ4v) is 1.000. The minimum Gasteiger partial charge on any atom is -0.481 e. The van der Waals surface area contributed by atoms with Gasteiger partial charge in [0.1, 0.15) is 0 Å². The van der Waals surface area contributed by atoms with Crippen LogP contribution in [-0.2, 0) is 9.59 Å². The standard InChI is InChI=1S/C6H10O4.2C4H11NO/c7-5(8)3-1-2-4-6(9)10;2*1-3-5(6)4-2/h1-4H2,(H,7,8)(H,9,10);2*6H,3-4H2,1-2H3. The van der Waals surface area contributed by atoms with Gasteiger partial charge >= 0.3 is 11.9 Å². The Morgan fingerprint density at radius 1 is 0.682 bits per heavy atom. The molecular weight excluding hydrogens is 292 g/mol. The fourth-order valence-electron chi connectivity index (χ4n) is 1.000. The van der Waals surface area contributed by atoms with Crippen molar-refractivity contribution in [2.75, 3.05) is 26.2 Å². The molecule has 0 amide bonds. The molecule has 0 aromatic carbocycles.